The second-order valence-electron chi connectivity index (χ2n) is 14.5. The Morgan fingerprint density at radius 2 is 1.17 bits per heavy atom. The summed E-state index contributed by atoms with van der Waals surface area (Å²) >= 11 is 1.88. The zero-order valence-corrected chi connectivity index (χ0v) is 33.8. The van der Waals surface area contributed by atoms with Crippen molar-refractivity contribution < 1.29 is 0 Å². The number of benzene rings is 7. The molecule has 58 heavy (non-hydrogen) atoms. The molecule has 280 valence electrons. The van der Waals surface area contributed by atoms with E-state index in [1.54, 1.807) is 0 Å². The van der Waals surface area contributed by atoms with Gasteiger partial charge in [0.1, 0.15) is 0 Å². The first-order valence-electron chi connectivity index (χ1n) is 20.0. The average molecular weight is 763 g/mol. The number of thiophene rings is 1. The molecule has 8 rings (SSSR count). The highest BCUT2D eigenvalue weighted by Gasteiger charge is 2.15. The zero-order chi connectivity index (χ0) is 39.7. The van der Waals surface area contributed by atoms with Crippen LogP contribution in [0.3, 0.4) is 0 Å². The highest BCUT2D eigenvalue weighted by molar-refractivity contribution is 7.26. The van der Waals surface area contributed by atoms with Crippen molar-refractivity contribution in [3.63, 3.8) is 0 Å². The molecule has 1 heterocycles. The first-order chi connectivity index (χ1) is 28.6. The van der Waals surface area contributed by atoms with Crippen LogP contribution in [0.5, 0.6) is 0 Å². The van der Waals surface area contributed by atoms with Crippen molar-refractivity contribution in [1.82, 2.24) is 0 Å². The van der Waals surface area contributed by atoms with Gasteiger partial charge < -0.3 is 0 Å². The quantitative estimate of drug-likeness (QED) is 0.103. The largest absolute Gasteiger partial charge is 0.135 e. The lowest BCUT2D eigenvalue weighted by molar-refractivity contribution is 0.961. The molecular weight excluding hydrogens is 717 g/mol. The Labute approximate surface area is 347 Å². The standard InChI is InChI=1S/C57H46S/c1-4-7-18-47(44(6-3)16-5-2)34-30-43-31-35-56-54(37-43)55-40-52(50-24-15-23-49(38-50)46-21-12-9-13-22-46)39-53(57(55)58-56)51-25-14-17-42(36-51)27-26-41-28-32-48(33-29-41)45-19-10-8-11-20-45/h4-25,28-40H,2-3,26-27H2,1H3/b7-4-,34-30+,44-16+,47-18+. The monoisotopic (exact) mass is 762 g/mol. The average Bonchev–Trinajstić information content (AvgIpc) is 3.66. The van der Waals surface area contributed by atoms with Gasteiger partial charge in [-0.15, -0.1) is 11.3 Å². The molecule has 0 aliphatic rings. The van der Waals surface area contributed by atoms with Crippen molar-refractivity contribution in [1.29, 1.82) is 0 Å². The molecule has 0 nitrogen and oxygen atoms in total. The van der Waals surface area contributed by atoms with E-state index in [9.17, 15) is 0 Å². The smallest absolute Gasteiger partial charge is 0.0434 e. The van der Waals surface area contributed by atoms with Crippen LogP contribution in [-0.2, 0) is 12.8 Å². The van der Waals surface area contributed by atoms with E-state index in [4.69, 9.17) is 0 Å². The Balaban J connectivity index is 1.19. The van der Waals surface area contributed by atoms with Gasteiger partial charge in [-0.05, 0) is 117 Å². The Morgan fingerprint density at radius 1 is 0.517 bits per heavy atom. The summed E-state index contributed by atoms with van der Waals surface area (Å²) in [7, 11) is 0. The minimum Gasteiger partial charge on any atom is -0.135 e. The van der Waals surface area contributed by atoms with Crippen molar-refractivity contribution >= 4 is 37.6 Å². The number of aryl methyl sites for hydroxylation is 2. The second-order valence-corrected chi connectivity index (χ2v) is 15.6. The number of hydrogen-bond donors (Lipinski definition) is 0. The van der Waals surface area contributed by atoms with Crippen molar-refractivity contribution in [3.8, 4) is 44.5 Å². The normalized spacial score (nSPS) is 12.2. The maximum atomic E-state index is 4.05. The molecule has 0 spiro atoms. The summed E-state index contributed by atoms with van der Waals surface area (Å²) in [5.41, 5.74) is 15.8. The molecule has 0 atom stereocenters. The molecule has 0 saturated carbocycles. The Hall–Kier alpha value is -6.80. The maximum Gasteiger partial charge on any atom is 0.0434 e. The summed E-state index contributed by atoms with van der Waals surface area (Å²) in [5.74, 6) is 0. The second kappa shape index (κ2) is 18.0. The highest BCUT2D eigenvalue weighted by atomic mass is 32.1. The molecule has 8 aromatic rings. The van der Waals surface area contributed by atoms with Gasteiger partial charge in [0.05, 0.1) is 0 Å². The first kappa shape index (κ1) is 38.1. The van der Waals surface area contributed by atoms with Crippen LogP contribution in [0.1, 0.15) is 23.6 Å². The molecule has 0 bridgehead atoms. The summed E-state index contributed by atoms with van der Waals surface area (Å²) in [6.07, 6.45) is 18.2. The molecule has 0 unspecified atom stereocenters. The highest BCUT2D eigenvalue weighted by Crippen LogP contribution is 2.44. The van der Waals surface area contributed by atoms with Crippen molar-refractivity contribution in [2.24, 2.45) is 0 Å². The van der Waals surface area contributed by atoms with E-state index < -0.39 is 0 Å². The topological polar surface area (TPSA) is 0 Å². The van der Waals surface area contributed by atoms with Gasteiger partial charge in [0.15, 0.2) is 0 Å². The van der Waals surface area contributed by atoms with Gasteiger partial charge in [-0.2, -0.15) is 0 Å². The molecule has 0 N–H and O–H groups in total. The van der Waals surface area contributed by atoms with Gasteiger partial charge in [0, 0.05) is 25.7 Å². The van der Waals surface area contributed by atoms with E-state index in [-0.39, 0.29) is 0 Å². The van der Waals surface area contributed by atoms with E-state index in [0.29, 0.717) is 0 Å². The van der Waals surface area contributed by atoms with E-state index in [0.717, 1.165) is 29.6 Å². The van der Waals surface area contributed by atoms with Crippen molar-refractivity contribution in [2.75, 3.05) is 0 Å². The lowest BCUT2D eigenvalue weighted by Crippen LogP contribution is -1.92. The van der Waals surface area contributed by atoms with E-state index in [1.807, 2.05) is 42.6 Å². The third kappa shape index (κ3) is 8.61. The predicted molar refractivity (Wildman–Crippen MR) is 255 cm³/mol. The molecule has 0 amide bonds. The summed E-state index contributed by atoms with van der Waals surface area (Å²) in [6, 6.07) is 60.1. The Kier molecular flexibility index (Phi) is 11.8. The molecule has 7 aromatic carbocycles. The van der Waals surface area contributed by atoms with Crippen LogP contribution in [0.15, 0.2) is 231 Å². The fraction of sp³-hybridized carbons (Fsp3) is 0.0526. The number of rotatable bonds is 13. The van der Waals surface area contributed by atoms with Gasteiger partial charge >= 0.3 is 0 Å². The summed E-state index contributed by atoms with van der Waals surface area (Å²) in [5, 5.41) is 2.55. The van der Waals surface area contributed by atoms with Crippen LogP contribution < -0.4 is 0 Å². The molecule has 1 aromatic heterocycles. The van der Waals surface area contributed by atoms with Crippen LogP contribution in [0.2, 0.25) is 0 Å². The fourth-order valence-electron chi connectivity index (χ4n) is 7.61. The SMILES string of the molecule is C=C/C=C(C=C)/C(/C=C/c1ccc2sc3c(-c4cccc(CCc5ccc(-c6ccccc6)cc5)c4)cc(-c4cccc(-c5ccccc5)c4)cc3c2c1)=C/C=C\C. The lowest BCUT2D eigenvalue weighted by atomic mass is 9.93. The van der Waals surface area contributed by atoms with Crippen LogP contribution in [0.25, 0.3) is 70.8 Å². The molecule has 0 aliphatic carbocycles. The van der Waals surface area contributed by atoms with Crippen LogP contribution in [0, 0.1) is 0 Å². The predicted octanol–water partition coefficient (Wildman–Crippen LogP) is 16.3. The molecular formula is C57H46S. The van der Waals surface area contributed by atoms with Gasteiger partial charge in [0.2, 0.25) is 0 Å². The molecule has 0 fully saturated rings. The Bertz CT molecular complexity index is 2840. The van der Waals surface area contributed by atoms with Crippen LogP contribution >= 0.6 is 11.3 Å². The Morgan fingerprint density at radius 3 is 1.90 bits per heavy atom. The maximum absolute atomic E-state index is 4.05. The van der Waals surface area contributed by atoms with Crippen molar-refractivity contribution in [3.05, 3.63) is 247 Å². The van der Waals surface area contributed by atoms with Gasteiger partial charge in [-0.1, -0.05) is 195 Å². The first-order valence-corrected chi connectivity index (χ1v) is 20.8. The minimum atomic E-state index is 0.975. The van der Waals surface area contributed by atoms with Gasteiger partial charge in [-0.25, -0.2) is 0 Å². The molecule has 0 radical (unpaired) electrons. The number of allylic oxidation sites excluding steroid dienone is 9. The van der Waals surface area contributed by atoms with E-state index >= 15 is 0 Å². The number of hydrogen-bond acceptors (Lipinski definition) is 1. The minimum absolute atomic E-state index is 0.975. The summed E-state index contributed by atoms with van der Waals surface area (Å²) in [4.78, 5) is 0. The zero-order valence-electron chi connectivity index (χ0n) is 32.9. The van der Waals surface area contributed by atoms with E-state index in [2.05, 4.69) is 201 Å². The molecule has 0 aliphatic heterocycles. The summed E-state index contributed by atoms with van der Waals surface area (Å²) < 4.78 is 2.59. The van der Waals surface area contributed by atoms with Gasteiger partial charge in [-0.3, -0.25) is 0 Å². The third-order valence-electron chi connectivity index (χ3n) is 10.7. The summed E-state index contributed by atoms with van der Waals surface area (Å²) in [6.45, 7) is 9.99. The van der Waals surface area contributed by atoms with Crippen LogP contribution in [0.4, 0.5) is 0 Å². The molecule has 0 saturated heterocycles. The molecule has 1 heteroatoms. The van der Waals surface area contributed by atoms with Gasteiger partial charge in [0.25, 0.3) is 0 Å². The van der Waals surface area contributed by atoms with E-state index in [1.165, 1.54) is 75.8 Å². The third-order valence-corrected chi connectivity index (χ3v) is 11.9. The van der Waals surface area contributed by atoms with Crippen LogP contribution in [-0.4, -0.2) is 0 Å². The number of fused-ring (bicyclic) bond motifs is 3. The fourth-order valence-corrected chi connectivity index (χ4v) is 8.81. The van der Waals surface area contributed by atoms with Crippen molar-refractivity contribution in [2.45, 2.75) is 19.8 Å². The lowest BCUT2D eigenvalue weighted by Gasteiger charge is -2.12.